The van der Waals surface area contributed by atoms with Crippen LogP contribution in [0.15, 0.2) is 42.5 Å². The van der Waals surface area contributed by atoms with Gasteiger partial charge in [-0.1, -0.05) is 42.5 Å². The highest BCUT2D eigenvalue weighted by Gasteiger charge is 2.27. The lowest BCUT2D eigenvalue weighted by atomic mass is 10.0. The van der Waals surface area contributed by atoms with Gasteiger partial charge < -0.3 is 10.1 Å². The first-order valence-electron chi connectivity index (χ1n) is 5.82. The second kappa shape index (κ2) is 5.04. The molecule has 0 spiro atoms. The van der Waals surface area contributed by atoms with Gasteiger partial charge in [-0.25, -0.2) is 4.79 Å². The zero-order valence-corrected chi connectivity index (χ0v) is 9.98. The summed E-state index contributed by atoms with van der Waals surface area (Å²) in [6.45, 7) is 2.34. The third-order valence-corrected chi connectivity index (χ3v) is 2.92. The standard InChI is InChI=1S/C14H17NO2/c1-14(9-5-6-10-14)15-13(16)17-11-12-7-3-2-4-8-12/h2-8H,9-11H2,1H3,(H,15,16). The largest absolute Gasteiger partial charge is 0.445 e. The van der Waals surface area contributed by atoms with E-state index in [-0.39, 0.29) is 11.6 Å². The highest BCUT2D eigenvalue weighted by atomic mass is 16.5. The number of carbonyl (C=O) groups excluding carboxylic acids is 1. The van der Waals surface area contributed by atoms with Crippen molar-refractivity contribution in [2.75, 3.05) is 0 Å². The van der Waals surface area contributed by atoms with E-state index in [1.807, 2.05) is 37.3 Å². The minimum atomic E-state index is -0.347. The van der Waals surface area contributed by atoms with E-state index in [9.17, 15) is 4.79 Å². The second-order valence-corrected chi connectivity index (χ2v) is 4.63. The van der Waals surface area contributed by atoms with Crippen molar-refractivity contribution in [2.45, 2.75) is 31.9 Å². The Morgan fingerprint density at radius 3 is 2.59 bits per heavy atom. The molecule has 1 aliphatic carbocycles. The summed E-state index contributed by atoms with van der Waals surface area (Å²) in [6.07, 6.45) is 5.55. The van der Waals surface area contributed by atoms with Gasteiger partial charge in [0.1, 0.15) is 6.61 Å². The zero-order valence-electron chi connectivity index (χ0n) is 9.98. The summed E-state index contributed by atoms with van der Waals surface area (Å²) < 4.78 is 5.18. The molecule has 3 heteroatoms. The molecule has 0 radical (unpaired) electrons. The van der Waals surface area contributed by atoms with Gasteiger partial charge in [-0.2, -0.15) is 0 Å². The molecule has 0 heterocycles. The van der Waals surface area contributed by atoms with Crippen LogP contribution >= 0.6 is 0 Å². The average molecular weight is 231 g/mol. The minimum absolute atomic E-state index is 0.173. The number of benzene rings is 1. The number of hydrogen-bond donors (Lipinski definition) is 1. The van der Waals surface area contributed by atoms with Gasteiger partial charge in [0.2, 0.25) is 0 Å². The van der Waals surface area contributed by atoms with Crippen molar-refractivity contribution in [3.8, 4) is 0 Å². The summed E-state index contributed by atoms with van der Waals surface area (Å²) in [6, 6.07) is 9.67. The molecular weight excluding hydrogens is 214 g/mol. The van der Waals surface area contributed by atoms with Crippen LogP contribution in [0.4, 0.5) is 4.79 Å². The van der Waals surface area contributed by atoms with Crippen molar-refractivity contribution in [1.82, 2.24) is 5.32 Å². The molecule has 0 saturated heterocycles. The van der Waals surface area contributed by atoms with Crippen molar-refractivity contribution in [3.63, 3.8) is 0 Å². The lowest BCUT2D eigenvalue weighted by Gasteiger charge is -2.24. The Hall–Kier alpha value is -1.77. The summed E-state index contributed by atoms with van der Waals surface area (Å²) in [5.41, 5.74) is 0.825. The summed E-state index contributed by atoms with van der Waals surface area (Å²) in [5, 5.41) is 2.90. The molecule has 0 fully saturated rings. The maximum atomic E-state index is 11.6. The van der Waals surface area contributed by atoms with Gasteiger partial charge in [-0.3, -0.25) is 0 Å². The highest BCUT2D eigenvalue weighted by molar-refractivity contribution is 5.68. The van der Waals surface area contributed by atoms with E-state index < -0.39 is 0 Å². The van der Waals surface area contributed by atoms with Crippen LogP contribution in [0.1, 0.15) is 25.3 Å². The van der Waals surface area contributed by atoms with Crippen LogP contribution in [0.5, 0.6) is 0 Å². The molecule has 0 bridgehead atoms. The number of alkyl carbamates (subject to hydrolysis) is 1. The molecule has 3 nitrogen and oxygen atoms in total. The van der Waals surface area contributed by atoms with Gasteiger partial charge >= 0.3 is 6.09 Å². The van der Waals surface area contributed by atoms with E-state index in [4.69, 9.17) is 4.74 Å². The van der Waals surface area contributed by atoms with Gasteiger partial charge in [0.15, 0.2) is 0 Å². The summed E-state index contributed by atoms with van der Waals surface area (Å²) in [5.74, 6) is 0. The van der Waals surface area contributed by atoms with Gasteiger partial charge in [0, 0.05) is 5.54 Å². The van der Waals surface area contributed by atoms with Crippen LogP contribution in [0.2, 0.25) is 0 Å². The molecule has 0 saturated carbocycles. The Kier molecular flexibility index (Phi) is 3.47. The number of nitrogens with one attached hydrogen (secondary N) is 1. The van der Waals surface area contributed by atoms with E-state index in [2.05, 4.69) is 17.5 Å². The molecule has 2 rings (SSSR count). The van der Waals surface area contributed by atoms with Crippen molar-refractivity contribution in [1.29, 1.82) is 0 Å². The van der Waals surface area contributed by atoms with Crippen molar-refractivity contribution < 1.29 is 9.53 Å². The van der Waals surface area contributed by atoms with E-state index >= 15 is 0 Å². The molecule has 17 heavy (non-hydrogen) atoms. The van der Waals surface area contributed by atoms with E-state index in [1.165, 1.54) is 0 Å². The van der Waals surface area contributed by atoms with Crippen LogP contribution < -0.4 is 5.32 Å². The average Bonchev–Trinajstić information content (AvgIpc) is 2.74. The molecule has 1 amide bonds. The first-order valence-corrected chi connectivity index (χ1v) is 5.82. The Morgan fingerprint density at radius 2 is 1.94 bits per heavy atom. The lowest BCUT2D eigenvalue weighted by molar-refractivity contribution is 0.129. The molecular formula is C14H17NO2. The summed E-state index contributed by atoms with van der Waals surface area (Å²) in [4.78, 5) is 11.6. The van der Waals surface area contributed by atoms with E-state index in [0.717, 1.165) is 18.4 Å². The molecule has 1 aliphatic rings. The van der Waals surface area contributed by atoms with Gasteiger partial charge in [-0.05, 0) is 25.3 Å². The van der Waals surface area contributed by atoms with Crippen LogP contribution in [0, 0.1) is 0 Å². The Balaban J connectivity index is 1.78. The van der Waals surface area contributed by atoms with Gasteiger partial charge in [0.05, 0.1) is 0 Å². The number of hydrogen-bond acceptors (Lipinski definition) is 2. The fourth-order valence-electron chi connectivity index (χ4n) is 1.88. The maximum Gasteiger partial charge on any atom is 0.407 e. The monoisotopic (exact) mass is 231 g/mol. The van der Waals surface area contributed by atoms with Crippen LogP contribution in [0.3, 0.4) is 0 Å². The predicted molar refractivity (Wildman–Crippen MR) is 66.5 cm³/mol. The molecule has 90 valence electrons. The molecule has 0 aromatic heterocycles. The van der Waals surface area contributed by atoms with Crippen molar-refractivity contribution in [2.24, 2.45) is 0 Å². The van der Waals surface area contributed by atoms with Crippen LogP contribution in [0.25, 0.3) is 0 Å². The first-order chi connectivity index (χ1) is 8.18. The number of ether oxygens (including phenoxy) is 1. The Morgan fingerprint density at radius 1 is 1.29 bits per heavy atom. The SMILES string of the molecule is CC1(NC(=O)OCc2ccccc2)CC=CC1. The van der Waals surface area contributed by atoms with Crippen molar-refractivity contribution in [3.05, 3.63) is 48.0 Å². The molecule has 0 atom stereocenters. The first kappa shape index (κ1) is 11.7. The topological polar surface area (TPSA) is 38.3 Å². The fourth-order valence-corrected chi connectivity index (χ4v) is 1.88. The molecule has 1 aromatic carbocycles. The summed E-state index contributed by atoms with van der Waals surface area (Å²) in [7, 11) is 0. The van der Waals surface area contributed by atoms with Crippen molar-refractivity contribution >= 4 is 6.09 Å². The lowest BCUT2D eigenvalue weighted by Crippen LogP contribution is -2.44. The van der Waals surface area contributed by atoms with E-state index in [1.54, 1.807) is 0 Å². The number of amides is 1. The van der Waals surface area contributed by atoms with Gasteiger partial charge in [0.25, 0.3) is 0 Å². The predicted octanol–water partition coefficient (Wildman–Crippen LogP) is 3.02. The maximum absolute atomic E-state index is 11.6. The normalized spacial score (nSPS) is 16.8. The minimum Gasteiger partial charge on any atom is -0.445 e. The molecule has 1 N–H and O–H groups in total. The smallest absolute Gasteiger partial charge is 0.407 e. The molecule has 1 aromatic rings. The van der Waals surface area contributed by atoms with Crippen LogP contribution in [-0.4, -0.2) is 11.6 Å². The fraction of sp³-hybridized carbons (Fsp3) is 0.357. The summed E-state index contributed by atoms with van der Waals surface area (Å²) >= 11 is 0. The number of carbonyl (C=O) groups is 1. The molecule has 0 unspecified atom stereocenters. The van der Waals surface area contributed by atoms with E-state index in [0.29, 0.717) is 6.61 Å². The number of rotatable bonds is 3. The highest BCUT2D eigenvalue weighted by Crippen LogP contribution is 2.22. The zero-order chi connectivity index (χ0) is 12.1. The molecule has 0 aliphatic heterocycles. The Labute approximate surface area is 101 Å². The Bertz CT molecular complexity index is 403. The quantitative estimate of drug-likeness (QED) is 0.812. The third-order valence-electron chi connectivity index (χ3n) is 2.92. The third kappa shape index (κ3) is 3.34. The van der Waals surface area contributed by atoms with Crippen LogP contribution in [-0.2, 0) is 11.3 Å². The van der Waals surface area contributed by atoms with Gasteiger partial charge in [-0.15, -0.1) is 0 Å². The second-order valence-electron chi connectivity index (χ2n) is 4.63.